The summed E-state index contributed by atoms with van der Waals surface area (Å²) in [4.78, 5) is 0. The van der Waals surface area contributed by atoms with Gasteiger partial charge in [-0.15, -0.1) is 0 Å². The van der Waals surface area contributed by atoms with Crippen molar-refractivity contribution in [1.82, 2.24) is 5.32 Å². The number of nitrogens with one attached hydrogen (secondary N) is 1. The second-order valence-electron chi connectivity index (χ2n) is 3.77. The molecule has 0 saturated carbocycles. The Morgan fingerprint density at radius 1 is 1.38 bits per heavy atom. The Bertz CT molecular complexity index is 304. The van der Waals surface area contributed by atoms with Gasteiger partial charge < -0.3 is 10.1 Å². The average Bonchev–Trinajstić information content (AvgIpc) is 2.29. The lowest BCUT2D eigenvalue weighted by Gasteiger charge is -2.19. The van der Waals surface area contributed by atoms with Crippen LogP contribution >= 0.6 is 11.6 Å². The van der Waals surface area contributed by atoms with Crippen molar-refractivity contribution in [2.24, 2.45) is 0 Å². The largest absolute Gasteiger partial charge is 0.385 e. The molecular formula is C13H20ClNO. The molecule has 0 aromatic heterocycles. The highest BCUT2D eigenvalue weighted by Gasteiger charge is 2.12. The fraction of sp³-hybridized carbons (Fsp3) is 0.538. The predicted octanol–water partition coefficient (Wildman–Crippen LogP) is 3.42. The Kier molecular flexibility index (Phi) is 6.46. The van der Waals surface area contributed by atoms with Crippen LogP contribution in [0.1, 0.15) is 31.4 Å². The third-order valence-electron chi connectivity index (χ3n) is 2.57. The molecule has 1 aromatic carbocycles. The zero-order chi connectivity index (χ0) is 11.8. The SMILES string of the molecule is CCNC(CCCOC)c1ccccc1Cl. The van der Waals surface area contributed by atoms with Crippen LogP contribution in [0.2, 0.25) is 5.02 Å². The molecule has 0 heterocycles. The van der Waals surface area contributed by atoms with Crippen LogP contribution < -0.4 is 5.32 Å². The van der Waals surface area contributed by atoms with Crippen LogP contribution in [-0.4, -0.2) is 20.3 Å². The standard InChI is InChI=1S/C13H20ClNO/c1-3-15-13(9-6-10-16-2)11-7-4-5-8-12(11)14/h4-5,7-8,13,15H,3,6,9-10H2,1-2H3. The van der Waals surface area contributed by atoms with Gasteiger partial charge in [0.1, 0.15) is 0 Å². The number of hydrogen-bond donors (Lipinski definition) is 1. The van der Waals surface area contributed by atoms with Crippen molar-refractivity contribution in [2.75, 3.05) is 20.3 Å². The number of benzene rings is 1. The quantitative estimate of drug-likeness (QED) is 0.739. The van der Waals surface area contributed by atoms with Gasteiger partial charge in [0.2, 0.25) is 0 Å². The van der Waals surface area contributed by atoms with Crippen molar-refractivity contribution in [3.05, 3.63) is 34.9 Å². The first-order chi connectivity index (χ1) is 7.79. The zero-order valence-electron chi connectivity index (χ0n) is 10.0. The monoisotopic (exact) mass is 241 g/mol. The molecular weight excluding hydrogens is 222 g/mol. The van der Waals surface area contributed by atoms with Gasteiger partial charge in [-0.05, 0) is 31.0 Å². The average molecular weight is 242 g/mol. The molecule has 0 saturated heterocycles. The maximum atomic E-state index is 6.20. The first-order valence-electron chi connectivity index (χ1n) is 5.76. The summed E-state index contributed by atoms with van der Waals surface area (Å²) >= 11 is 6.20. The number of rotatable bonds is 7. The molecule has 0 fully saturated rings. The second kappa shape index (κ2) is 7.66. The van der Waals surface area contributed by atoms with E-state index in [1.807, 2.05) is 18.2 Å². The third kappa shape index (κ3) is 4.12. The Labute approximate surface area is 103 Å². The van der Waals surface area contributed by atoms with Crippen LogP contribution in [0, 0.1) is 0 Å². The van der Waals surface area contributed by atoms with Crippen LogP contribution in [-0.2, 0) is 4.74 Å². The molecule has 0 bridgehead atoms. The first kappa shape index (κ1) is 13.5. The van der Waals surface area contributed by atoms with Crippen LogP contribution in [0.4, 0.5) is 0 Å². The van der Waals surface area contributed by atoms with E-state index in [-0.39, 0.29) is 0 Å². The van der Waals surface area contributed by atoms with E-state index < -0.39 is 0 Å². The molecule has 16 heavy (non-hydrogen) atoms. The molecule has 1 aromatic rings. The van der Waals surface area contributed by atoms with E-state index in [1.54, 1.807) is 7.11 Å². The highest BCUT2D eigenvalue weighted by Crippen LogP contribution is 2.25. The van der Waals surface area contributed by atoms with E-state index in [0.717, 1.165) is 31.0 Å². The third-order valence-corrected chi connectivity index (χ3v) is 2.92. The minimum absolute atomic E-state index is 0.328. The lowest BCUT2D eigenvalue weighted by Crippen LogP contribution is -2.21. The van der Waals surface area contributed by atoms with E-state index in [4.69, 9.17) is 16.3 Å². The van der Waals surface area contributed by atoms with E-state index in [0.29, 0.717) is 6.04 Å². The fourth-order valence-electron chi connectivity index (χ4n) is 1.80. The van der Waals surface area contributed by atoms with Crippen molar-refractivity contribution in [3.8, 4) is 0 Å². The summed E-state index contributed by atoms with van der Waals surface area (Å²) in [5, 5.41) is 4.30. The van der Waals surface area contributed by atoms with E-state index >= 15 is 0 Å². The summed E-state index contributed by atoms with van der Waals surface area (Å²) in [6.45, 7) is 3.86. The smallest absolute Gasteiger partial charge is 0.0462 e. The number of methoxy groups -OCH3 is 1. The number of halogens is 1. The maximum absolute atomic E-state index is 6.20. The van der Waals surface area contributed by atoms with E-state index in [1.165, 1.54) is 5.56 Å². The summed E-state index contributed by atoms with van der Waals surface area (Å²) in [6.07, 6.45) is 2.09. The maximum Gasteiger partial charge on any atom is 0.0462 e. The van der Waals surface area contributed by atoms with Crippen molar-refractivity contribution in [1.29, 1.82) is 0 Å². The Morgan fingerprint density at radius 2 is 2.12 bits per heavy atom. The Balaban J connectivity index is 2.65. The fourth-order valence-corrected chi connectivity index (χ4v) is 2.07. The molecule has 90 valence electrons. The summed E-state index contributed by atoms with van der Waals surface area (Å²) < 4.78 is 5.08. The van der Waals surface area contributed by atoms with Crippen LogP contribution in [0.25, 0.3) is 0 Å². The van der Waals surface area contributed by atoms with Gasteiger partial charge in [0.05, 0.1) is 0 Å². The zero-order valence-corrected chi connectivity index (χ0v) is 10.8. The summed E-state index contributed by atoms with van der Waals surface area (Å²) in [5.74, 6) is 0. The van der Waals surface area contributed by atoms with Gasteiger partial charge in [0.15, 0.2) is 0 Å². The van der Waals surface area contributed by atoms with Gasteiger partial charge in [0.25, 0.3) is 0 Å². The summed E-state index contributed by atoms with van der Waals surface area (Å²) in [7, 11) is 1.73. The normalized spacial score (nSPS) is 12.7. The van der Waals surface area contributed by atoms with Gasteiger partial charge in [0, 0.05) is 24.8 Å². The van der Waals surface area contributed by atoms with Crippen molar-refractivity contribution in [2.45, 2.75) is 25.8 Å². The molecule has 0 amide bonds. The highest BCUT2D eigenvalue weighted by atomic mass is 35.5. The van der Waals surface area contributed by atoms with Gasteiger partial charge in [-0.25, -0.2) is 0 Å². The summed E-state index contributed by atoms with van der Waals surface area (Å²) in [5.41, 5.74) is 1.18. The van der Waals surface area contributed by atoms with Crippen molar-refractivity contribution >= 4 is 11.6 Å². The number of ether oxygens (including phenoxy) is 1. The predicted molar refractivity (Wildman–Crippen MR) is 69.0 cm³/mol. The molecule has 3 heteroatoms. The molecule has 1 atom stereocenters. The molecule has 1 unspecified atom stereocenters. The molecule has 0 radical (unpaired) electrons. The van der Waals surface area contributed by atoms with E-state index in [2.05, 4.69) is 18.3 Å². The number of hydrogen-bond acceptors (Lipinski definition) is 2. The topological polar surface area (TPSA) is 21.3 Å². The minimum Gasteiger partial charge on any atom is -0.385 e. The molecule has 0 aliphatic rings. The molecule has 0 aliphatic heterocycles. The lowest BCUT2D eigenvalue weighted by atomic mass is 10.0. The van der Waals surface area contributed by atoms with Crippen molar-refractivity contribution < 1.29 is 4.74 Å². The second-order valence-corrected chi connectivity index (χ2v) is 4.17. The molecule has 1 rings (SSSR count). The Hall–Kier alpha value is -0.570. The molecule has 0 aliphatic carbocycles. The Morgan fingerprint density at radius 3 is 2.75 bits per heavy atom. The summed E-state index contributed by atoms with van der Waals surface area (Å²) in [6, 6.07) is 8.35. The van der Waals surface area contributed by atoms with Gasteiger partial charge in [-0.3, -0.25) is 0 Å². The molecule has 2 nitrogen and oxygen atoms in total. The minimum atomic E-state index is 0.328. The van der Waals surface area contributed by atoms with E-state index in [9.17, 15) is 0 Å². The van der Waals surface area contributed by atoms with Gasteiger partial charge in [-0.1, -0.05) is 36.7 Å². The first-order valence-corrected chi connectivity index (χ1v) is 6.14. The lowest BCUT2D eigenvalue weighted by molar-refractivity contribution is 0.189. The highest BCUT2D eigenvalue weighted by molar-refractivity contribution is 6.31. The molecule has 0 spiro atoms. The van der Waals surface area contributed by atoms with Crippen LogP contribution in [0.5, 0.6) is 0 Å². The van der Waals surface area contributed by atoms with Gasteiger partial charge in [-0.2, -0.15) is 0 Å². The van der Waals surface area contributed by atoms with Crippen LogP contribution in [0.3, 0.4) is 0 Å². The van der Waals surface area contributed by atoms with Crippen LogP contribution in [0.15, 0.2) is 24.3 Å². The van der Waals surface area contributed by atoms with Gasteiger partial charge >= 0.3 is 0 Å². The van der Waals surface area contributed by atoms with Crippen molar-refractivity contribution in [3.63, 3.8) is 0 Å². The molecule has 1 N–H and O–H groups in total.